The average Bonchev–Trinajstić information content (AvgIpc) is 2.91. The molecule has 0 unspecified atom stereocenters. The van der Waals surface area contributed by atoms with E-state index in [-0.39, 0.29) is 5.54 Å². The minimum absolute atomic E-state index is 0.0117. The first-order chi connectivity index (χ1) is 6.58. The fourth-order valence-corrected chi connectivity index (χ4v) is 1.57. The first kappa shape index (κ1) is 9.37. The Kier molecular flexibility index (Phi) is 2.13. The zero-order chi connectivity index (χ0) is 10.2. The van der Waals surface area contributed by atoms with Crippen molar-refractivity contribution in [3.63, 3.8) is 0 Å². The number of aromatic nitrogens is 2. The molecule has 1 aliphatic carbocycles. The summed E-state index contributed by atoms with van der Waals surface area (Å²) in [5.41, 5.74) is 0.0117. The first-order valence-corrected chi connectivity index (χ1v) is 4.84. The molecule has 0 radical (unpaired) electrons. The van der Waals surface area contributed by atoms with Crippen LogP contribution in [0.15, 0.2) is 12.4 Å². The van der Waals surface area contributed by atoms with Gasteiger partial charge < -0.3 is 5.32 Å². The number of halogens is 1. The van der Waals surface area contributed by atoms with Crippen LogP contribution in [0.5, 0.6) is 0 Å². The summed E-state index contributed by atoms with van der Waals surface area (Å²) >= 11 is 0. The molecule has 1 aromatic heterocycles. The van der Waals surface area contributed by atoms with E-state index in [9.17, 15) is 4.39 Å². The van der Waals surface area contributed by atoms with Gasteiger partial charge in [-0.15, -0.1) is 0 Å². The normalized spacial score (nSPS) is 16.8. The second-order valence-corrected chi connectivity index (χ2v) is 4.35. The lowest BCUT2D eigenvalue weighted by Crippen LogP contribution is -2.34. The van der Waals surface area contributed by atoms with E-state index in [1.54, 1.807) is 0 Å². The zero-order valence-electron chi connectivity index (χ0n) is 8.42. The van der Waals surface area contributed by atoms with Gasteiger partial charge in [0, 0.05) is 5.54 Å². The predicted octanol–water partition coefficient (Wildman–Crippen LogP) is 2.22. The highest BCUT2D eigenvalue weighted by Crippen LogP contribution is 2.40. The molecular formula is C10H14FN3. The monoisotopic (exact) mass is 195 g/mol. The molecule has 2 rings (SSSR count). The fourth-order valence-electron chi connectivity index (χ4n) is 1.57. The van der Waals surface area contributed by atoms with Crippen LogP contribution in [0.2, 0.25) is 0 Å². The van der Waals surface area contributed by atoms with Crippen LogP contribution >= 0.6 is 0 Å². The molecule has 1 heterocycles. The molecule has 0 atom stereocenters. The van der Waals surface area contributed by atoms with Crippen LogP contribution in [0, 0.1) is 11.7 Å². The Morgan fingerprint density at radius 2 is 1.93 bits per heavy atom. The van der Waals surface area contributed by atoms with Crippen LogP contribution in [0.4, 0.5) is 10.3 Å². The quantitative estimate of drug-likeness (QED) is 0.803. The second-order valence-electron chi connectivity index (χ2n) is 4.35. The number of anilines is 1. The van der Waals surface area contributed by atoms with Gasteiger partial charge in [0.25, 0.3) is 0 Å². The summed E-state index contributed by atoms with van der Waals surface area (Å²) in [6.07, 6.45) is 4.86. The molecule has 1 aromatic rings. The van der Waals surface area contributed by atoms with Gasteiger partial charge in [-0.25, -0.2) is 14.4 Å². The Balaban J connectivity index is 2.06. The SMILES string of the molecule is CC(C)(Nc1ncc(F)cn1)C1CC1. The molecule has 1 saturated carbocycles. The molecule has 0 amide bonds. The molecule has 0 spiro atoms. The number of hydrogen-bond donors (Lipinski definition) is 1. The molecule has 76 valence electrons. The second kappa shape index (κ2) is 3.19. The smallest absolute Gasteiger partial charge is 0.223 e. The number of nitrogens with one attached hydrogen (secondary N) is 1. The van der Waals surface area contributed by atoms with Crippen LogP contribution in [-0.4, -0.2) is 15.5 Å². The van der Waals surface area contributed by atoms with Crippen molar-refractivity contribution in [3.05, 3.63) is 18.2 Å². The van der Waals surface area contributed by atoms with Gasteiger partial charge in [-0.3, -0.25) is 0 Å². The third-order valence-corrected chi connectivity index (χ3v) is 2.65. The Labute approximate surface area is 82.8 Å². The Bertz CT molecular complexity index is 317. The standard InChI is InChI=1S/C10H14FN3/c1-10(2,7-3-4-7)14-9-12-5-8(11)6-13-9/h5-7H,3-4H2,1-2H3,(H,12,13,14). The molecule has 0 aromatic carbocycles. The lowest BCUT2D eigenvalue weighted by Gasteiger charge is -2.25. The summed E-state index contributed by atoms with van der Waals surface area (Å²) in [6, 6.07) is 0. The van der Waals surface area contributed by atoms with Crippen molar-refractivity contribution in [1.29, 1.82) is 0 Å². The largest absolute Gasteiger partial charge is 0.349 e. The minimum Gasteiger partial charge on any atom is -0.349 e. The van der Waals surface area contributed by atoms with E-state index in [2.05, 4.69) is 29.1 Å². The highest BCUT2D eigenvalue weighted by atomic mass is 19.1. The summed E-state index contributed by atoms with van der Waals surface area (Å²) in [6.45, 7) is 4.24. The van der Waals surface area contributed by atoms with Gasteiger partial charge in [0.15, 0.2) is 5.82 Å². The zero-order valence-corrected chi connectivity index (χ0v) is 8.42. The highest BCUT2D eigenvalue weighted by Gasteiger charge is 2.38. The highest BCUT2D eigenvalue weighted by molar-refractivity contribution is 5.28. The number of nitrogens with zero attached hydrogens (tertiary/aromatic N) is 2. The lowest BCUT2D eigenvalue weighted by molar-refractivity contribution is 0.489. The van der Waals surface area contributed by atoms with Crippen molar-refractivity contribution >= 4 is 5.95 Å². The van der Waals surface area contributed by atoms with Gasteiger partial charge in [-0.1, -0.05) is 0 Å². The minimum atomic E-state index is -0.403. The third kappa shape index (κ3) is 2.00. The van der Waals surface area contributed by atoms with Crippen LogP contribution in [0.3, 0.4) is 0 Å². The van der Waals surface area contributed by atoms with E-state index in [1.165, 1.54) is 25.2 Å². The maximum Gasteiger partial charge on any atom is 0.223 e. The van der Waals surface area contributed by atoms with E-state index >= 15 is 0 Å². The van der Waals surface area contributed by atoms with E-state index in [1.807, 2.05) is 0 Å². The molecule has 4 heteroatoms. The first-order valence-electron chi connectivity index (χ1n) is 4.84. The number of rotatable bonds is 3. The Morgan fingerprint density at radius 3 is 2.43 bits per heavy atom. The molecule has 0 saturated heterocycles. The van der Waals surface area contributed by atoms with Crippen molar-refractivity contribution in [3.8, 4) is 0 Å². The summed E-state index contributed by atoms with van der Waals surface area (Å²) in [5.74, 6) is 0.791. The predicted molar refractivity (Wildman–Crippen MR) is 52.4 cm³/mol. The lowest BCUT2D eigenvalue weighted by atomic mass is 9.99. The van der Waals surface area contributed by atoms with Crippen molar-refractivity contribution in [2.24, 2.45) is 5.92 Å². The summed E-state index contributed by atoms with van der Waals surface area (Å²) < 4.78 is 12.5. The van der Waals surface area contributed by atoms with Gasteiger partial charge in [0.1, 0.15) is 0 Å². The molecular weight excluding hydrogens is 181 g/mol. The Morgan fingerprint density at radius 1 is 1.36 bits per heavy atom. The van der Waals surface area contributed by atoms with Gasteiger partial charge in [-0.05, 0) is 32.6 Å². The van der Waals surface area contributed by atoms with Crippen LogP contribution in [0.1, 0.15) is 26.7 Å². The van der Waals surface area contributed by atoms with Crippen molar-refractivity contribution in [2.75, 3.05) is 5.32 Å². The van der Waals surface area contributed by atoms with Gasteiger partial charge in [0.05, 0.1) is 12.4 Å². The molecule has 0 aliphatic heterocycles. The summed E-state index contributed by atoms with van der Waals surface area (Å²) in [5, 5.41) is 3.22. The van der Waals surface area contributed by atoms with E-state index in [4.69, 9.17) is 0 Å². The molecule has 1 aliphatic rings. The Hall–Kier alpha value is -1.19. The summed E-state index contributed by atoms with van der Waals surface area (Å²) in [4.78, 5) is 7.75. The van der Waals surface area contributed by atoms with E-state index in [0.29, 0.717) is 11.9 Å². The van der Waals surface area contributed by atoms with Crippen LogP contribution < -0.4 is 5.32 Å². The maximum atomic E-state index is 12.5. The summed E-state index contributed by atoms with van der Waals surface area (Å²) in [7, 11) is 0. The molecule has 3 nitrogen and oxygen atoms in total. The van der Waals surface area contributed by atoms with Gasteiger partial charge >= 0.3 is 0 Å². The van der Waals surface area contributed by atoms with Crippen molar-refractivity contribution < 1.29 is 4.39 Å². The topological polar surface area (TPSA) is 37.8 Å². The van der Waals surface area contributed by atoms with Gasteiger partial charge in [0.2, 0.25) is 5.95 Å². The molecule has 1 N–H and O–H groups in total. The van der Waals surface area contributed by atoms with E-state index < -0.39 is 5.82 Å². The average molecular weight is 195 g/mol. The van der Waals surface area contributed by atoms with E-state index in [0.717, 1.165) is 0 Å². The number of hydrogen-bond acceptors (Lipinski definition) is 3. The van der Waals surface area contributed by atoms with Crippen molar-refractivity contribution in [1.82, 2.24) is 9.97 Å². The van der Waals surface area contributed by atoms with Crippen LogP contribution in [-0.2, 0) is 0 Å². The molecule has 14 heavy (non-hydrogen) atoms. The van der Waals surface area contributed by atoms with Crippen LogP contribution in [0.25, 0.3) is 0 Å². The van der Waals surface area contributed by atoms with Crippen molar-refractivity contribution in [2.45, 2.75) is 32.2 Å². The third-order valence-electron chi connectivity index (χ3n) is 2.65. The molecule has 1 fully saturated rings. The van der Waals surface area contributed by atoms with Gasteiger partial charge in [-0.2, -0.15) is 0 Å². The maximum absolute atomic E-state index is 12.5. The fraction of sp³-hybridized carbons (Fsp3) is 0.600. The molecule has 0 bridgehead atoms.